The molecule has 276 valence electrons. The number of likely N-dealkylation sites (tertiary alicyclic amines) is 1. The zero-order valence-corrected chi connectivity index (χ0v) is 28.7. The van der Waals surface area contributed by atoms with E-state index in [0.29, 0.717) is 5.92 Å². The van der Waals surface area contributed by atoms with Crippen LogP contribution in [0.2, 0.25) is 0 Å². The Morgan fingerprint density at radius 1 is 1.02 bits per heavy atom. The zero-order chi connectivity index (χ0) is 37.2. The average Bonchev–Trinajstić information content (AvgIpc) is 3.75. The molecule has 2 aliphatic rings. The Bertz CT molecular complexity index is 1460. The smallest absolute Gasteiger partial charge is 0.475 e. The van der Waals surface area contributed by atoms with Gasteiger partial charge in [-0.05, 0) is 38.3 Å². The van der Waals surface area contributed by atoms with Crippen LogP contribution in [0, 0.1) is 5.92 Å². The van der Waals surface area contributed by atoms with Gasteiger partial charge in [0, 0.05) is 31.5 Å². The van der Waals surface area contributed by atoms with Crippen LogP contribution in [-0.2, 0) is 30.4 Å². The number of amides is 4. The van der Waals surface area contributed by atoms with Crippen LogP contribution in [0.25, 0.3) is 0 Å². The van der Waals surface area contributed by atoms with E-state index >= 15 is 0 Å². The highest BCUT2D eigenvalue weighted by Crippen LogP contribution is 2.33. The highest BCUT2D eigenvalue weighted by Gasteiger charge is 2.44. The van der Waals surface area contributed by atoms with E-state index in [1.165, 1.54) is 24.2 Å². The van der Waals surface area contributed by atoms with Crippen molar-refractivity contribution < 1.29 is 42.3 Å². The van der Waals surface area contributed by atoms with E-state index in [4.69, 9.17) is 15.6 Å². The van der Waals surface area contributed by atoms with Crippen molar-refractivity contribution in [1.29, 1.82) is 0 Å². The molecule has 50 heavy (non-hydrogen) atoms. The van der Waals surface area contributed by atoms with Crippen molar-refractivity contribution >= 4 is 29.6 Å². The molecular formula is C33H47F3N8O6. The standard InChI is InChI=1S/C31H46N8O4.C2HF3O2/c1-19(2)27(35-29(41)20(3)33-4)31(43)38-17-23(39-18-25(36-37-39)22-13-9-6-10-14-22)16-26(38)30(42)34-24(28(32)40)15-21-11-7-5-8-12-21;3-2(4,5)1(6)7/h5,7-8,11-12,18-20,22-24,26-27,33H,6,9-10,13-17H2,1-4H3,(H2,32,40)(H,34,42)(H,35,41);(H,6,7)/t20-,23+,24-,26-,27-;/m0./s1. The molecule has 1 aliphatic heterocycles. The lowest BCUT2D eigenvalue weighted by Crippen LogP contribution is -2.58. The number of halogens is 3. The summed E-state index contributed by atoms with van der Waals surface area (Å²) < 4.78 is 33.5. The first kappa shape index (κ1) is 39.9. The molecule has 2 fully saturated rings. The van der Waals surface area contributed by atoms with Gasteiger partial charge in [-0.15, -0.1) is 5.10 Å². The number of nitrogens with two attached hydrogens (primary N) is 1. The van der Waals surface area contributed by atoms with Gasteiger partial charge in [0.15, 0.2) is 0 Å². The SMILES string of the molecule is CN[C@@H](C)C(=O)N[C@H](C(=O)N1C[C@H](n2cc(C3CCCCC3)nn2)C[C@H]1C(=O)N[C@@H](Cc1ccccc1)C(N)=O)C(C)C.O=C(O)C(F)(F)F. The van der Waals surface area contributed by atoms with Crippen LogP contribution in [0.4, 0.5) is 13.2 Å². The molecule has 2 heterocycles. The molecule has 1 aromatic heterocycles. The van der Waals surface area contributed by atoms with Crippen LogP contribution >= 0.6 is 0 Å². The third-order valence-electron chi connectivity index (χ3n) is 9.03. The summed E-state index contributed by atoms with van der Waals surface area (Å²) in [6.45, 7) is 5.63. The molecule has 5 atom stereocenters. The number of carbonyl (C=O) groups is 5. The number of nitrogens with zero attached hydrogens (tertiary/aromatic N) is 4. The average molecular weight is 709 g/mol. The number of carboxylic acids is 1. The fourth-order valence-electron chi connectivity index (χ4n) is 5.99. The molecule has 1 aliphatic carbocycles. The summed E-state index contributed by atoms with van der Waals surface area (Å²) in [5, 5.41) is 24.6. The van der Waals surface area contributed by atoms with Crippen LogP contribution in [-0.4, -0.2) is 98.5 Å². The van der Waals surface area contributed by atoms with Crippen molar-refractivity contribution in [3.05, 3.63) is 47.8 Å². The Morgan fingerprint density at radius 3 is 2.18 bits per heavy atom. The number of carbonyl (C=O) groups excluding carboxylic acids is 4. The Kier molecular flexibility index (Phi) is 14.3. The molecule has 2 aromatic rings. The third kappa shape index (κ3) is 11.0. The molecule has 0 radical (unpaired) electrons. The van der Waals surface area contributed by atoms with Gasteiger partial charge in [0.1, 0.15) is 18.1 Å². The van der Waals surface area contributed by atoms with Crippen LogP contribution < -0.4 is 21.7 Å². The predicted molar refractivity (Wildman–Crippen MR) is 175 cm³/mol. The van der Waals surface area contributed by atoms with Crippen molar-refractivity contribution in [2.75, 3.05) is 13.6 Å². The predicted octanol–water partition coefficient (Wildman–Crippen LogP) is 2.06. The number of primary amides is 1. The van der Waals surface area contributed by atoms with E-state index in [1.54, 1.807) is 18.7 Å². The van der Waals surface area contributed by atoms with Crippen LogP contribution in [0.15, 0.2) is 36.5 Å². The number of hydrogen-bond acceptors (Lipinski definition) is 8. The topological polar surface area (TPSA) is 202 Å². The monoisotopic (exact) mass is 708 g/mol. The Morgan fingerprint density at radius 2 is 1.64 bits per heavy atom. The number of nitrogens with one attached hydrogen (secondary N) is 3. The van der Waals surface area contributed by atoms with E-state index in [2.05, 4.69) is 26.3 Å². The lowest BCUT2D eigenvalue weighted by atomic mass is 9.87. The van der Waals surface area contributed by atoms with Gasteiger partial charge in [-0.2, -0.15) is 13.2 Å². The number of aliphatic carboxylic acids is 1. The maximum atomic E-state index is 14.1. The highest BCUT2D eigenvalue weighted by atomic mass is 19.4. The second-order valence-corrected chi connectivity index (χ2v) is 13.1. The zero-order valence-electron chi connectivity index (χ0n) is 28.7. The normalized spacial score (nSPS) is 19.9. The van der Waals surface area contributed by atoms with E-state index in [1.807, 2.05) is 50.4 Å². The van der Waals surface area contributed by atoms with Crippen LogP contribution in [0.3, 0.4) is 0 Å². The van der Waals surface area contributed by atoms with Gasteiger partial charge in [0.05, 0.1) is 17.8 Å². The molecule has 1 saturated heterocycles. The lowest BCUT2D eigenvalue weighted by molar-refractivity contribution is -0.192. The van der Waals surface area contributed by atoms with Gasteiger partial charge < -0.3 is 31.7 Å². The van der Waals surface area contributed by atoms with Gasteiger partial charge in [-0.3, -0.25) is 19.2 Å². The minimum Gasteiger partial charge on any atom is -0.475 e. The van der Waals surface area contributed by atoms with Crippen molar-refractivity contribution in [1.82, 2.24) is 35.8 Å². The third-order valence-corrected chi connectivity index (χ3v) is 9.03. The number of aromatic nitrogens is 3. The quantitative estimate of drug-likeness (QED) is 0.219. The number of benzene rings is 1. The Balaban J connectivity index is 0.000000872. The van der Waals surface area contributed by atoms with Crippen LogP contribution in [0.5, 0.6) is 0 Å². The van der Waals surface area contributed by atoms with Gasteiger partial charge in [-0.25, -0.2) is 9.48 Å². The van der Waals surface area contributed by atoms with E-state index in [-0.39, 0.29) is 43.2 Å². The molecule has 0 unspecified atom stereocenters. The fraction of sp³-hybridized carbons (Fsp3) is 0.606. The van der Waals surface area contributed by atoms with Crippen molar-refractivity contribution in [3.63, 3.8) is 0 Å². The molecule has 1 aromatic carbocycles. The first-order valence-electron chi connectivity index (χ1n) is 16.7. The number of likely N-dealkylation sites (N-methyl/N-ethyl adjacent to an activating group) is 1. The van der Waals surface area contributed by atoms with Crippen molar-refractivity contribution in [3.8, 4) is 0 Å². The van der Waals surface area contributed by atoms with Crippen molar-refractivity contribution in [2.24, 2.45) is 11.7 Å². The number of hydrogen-bond donors (Lipinski definition) is 5. The minimum absolute atomic E-state index is 0.213. The van der Waals surface area contributed by atoms with Gasteiger partial charge in [0.2, 0.25) is 23.6 Å². The van der Waals surface area contributed by atoms with Gasteiger partial charge in [-0.1, -0.05) is 68.7 Å². The lowest BCUT2D eigenvalue weighted by Gasteiger charge is -2.31. The molecule has 17 heteroatoms. The maximum Gasteiger partial charge on any atom is 0.490 e. The Labute approximate surface area is 288 Å². The van der Waals surface area contributed by atoms with E-state index in [9.17, 15) is 32.3 Å². The molecule has 6 N–H and O–H groups in total. The first-order chi connectivity index (χ1) is 23.5. The molecular weight excluding hydrogens is 661 g/mol. The highest BCUT2D eigenvalue weighted by molar-refractivity contribution is 5.95. The summed E-state index contributed by atoms with van der Waals surface area (Å²) in [5.74, 6) is -4.43. The number of rotatable bonds is 12. The second kappa shape index (κ2) is 17.9. The van der Waals surface area contributed by atoms with E-state index in [0.717, 1.165) is 24.1 Å². The molecule has 14 nitrogen and oxygen atoms in total. The summed E-state index contributed by atoms with van der Waals surface area (Å²) in [5.41, 5.74) is 7.48. The summed E-state index contributed by atoms with van der Waals surface area (Å²) in [4.78, 5) is 63.4. The molecule has 1 saturated carbocycles. The molecule has 4 amide bonds. The molecule has 0 bridgehead atoms. The fourth-order valence-corrected chi connectivity index (χ4v) is 5.99. The molecule has 0 spiro atoms. The summed E-state index contributed by atoms with van der Waals surface area (Å²) >= 11 is 0. The van der Waals surface area contributed by atoms with E-state index < -0.39 is 48.1 Å². The van der Waals surface area contributed by atoms with Crippen molar-refractivity contribution in [2.45, 2.75) is 108 Å². The van der Waals surface area contributed by atoms with Crippen LogP contribution in [0.1, 0.15) is 82.5 Å². The number of alkyl halides is 3. The second-order valence-electron chi connectivity index (χ2n) is 13.1. The van der Waals surface area contributed by atoms with Gasteiger partial charge >= 0.3 is 12.1 Å². The summed E-state index contributed by atoms with van der Waals surface area (Å²) in [7, 11) is 1.67. The minimum atomic E-state index is -5.08. The largest absolute Gasteiger partial charge is 0.490 e. The maximum absolute atomic E-state index is 14.1. The van der Waals surface area contributed by atoms with Gasteiger partial charge in [0.25, 0.3) is 0 Å². The summed E-state index contributed by atoms with van der Waals surface area (Å²) in [6.07, 6.45) is 3.11. The summed E-state index contributed by atoms with van der Waals surface area (Å²) in [6, 6.07) is 5.81. The molecule has 4 rings (SSSR count). The Hall–Kier alpha value is -4.54. The number of carboxylic acid groups (broad SMARTS) is 1. The first-order valence-corrected chi connectivity index (χ1v) is 16.7.